The molecule has 1 unspecified atom stereocenters. The van der Waals surface area contributed by atoms with Crippen molar-refractivity contribution < 1.29 is 19.1 Å². The van der Waals surface area contributed by atoms with Crippen LogP contribution in [0.5, 0.6) is 5.75 Å². The highest BCUT2D eigenvalue weighted by molar-refractivity contribution is 5.88. The van der Waals surface area contributed by atoms with Gasteiger partial charge in [0, 0.05) is 25.6 Å². The summed E-state index contributed by atoms with van der Waals surface area (Å²) in [6.07, 6.45) is 9.03. The van der Waals surface area contributed by atoms with E-state index in [0.717, 1.165) is 41.0 Å². The summed E-state index contributed by atoms with van der Waals surface area (Å²) >= 11 is 0. The minimum absolute atomic E-state index is 0.0947. The zero-order valence-corrected chi connectivity index (χ0v) is 23.9. The predicted octanol–water partition coefficient (Wildman–Crippen LogP) is 4.72. The molecule has 1 aliphatic rings. The quantitative estimate of drug-likeness (QED) is 0.269. The van der Waals surface area contributed by atoms with E-state index in [1.807, 2.05) is 41.3 Å². The molecule has 0 spiro atoms. The number of aromatic nitrogens is 2. The number of imidazole rings is 1. The molecule has 0 radical (unpaired) electrons. The molecule has 1 aromatic heterocycles. The number of H-pyrrole nitrogens is 1. The molecule has 0 aliphatic carbocycles. The Morgan fingerprint density at radius 2 is 1.88 bits per heavy atom. The number of aryl methyl sites for hydroxylation is 2. The van der Waals surface area contributed by atoms with Gasteiger partial charge in [0.15, 0.2) is 0 Å². The molecule has 1 atom stereocenters. The molecule has 40 heavy (non-hydrogen) atoms. The largest absolute Gasteiger partial charge is 0.497 e. The smallest absolute Gasteiger partial charge is 0.245 e. The number of nitrogens with zero attached hydrogens (tertiary/aromatic N) is 2. The lowest BCUT2D eigenvalue weighted by molar-refractivity contribution is -0.175. The molecule has 1 saturated heterocycles. The summed E-state index contributed by atoms with van der Waals surface area (Å²) < 4.78 is 11.8. The molecule has 8 heteroatoms. The highest BCUT2D eigenvalue weighted by Crippen LogP contribution is 2.38. The van der Waals surface area contributed by atoms with Crippen molar-refractivity contribution in [2.45, 2.75) is 70.4 Å². The van der Waals surface area contributed by atoms with Crippen LogP contribution in [0, 0.1) is 6.92 Å². The Hall–Kier alpha value is -3.65. The molecule has 1 aliphatic heterocycles. The molecule has 8 nitrogen and oxygen atoms in total. The molecule has 3 aromatic rings. The van der Waals surface area contributed by atoms with Crippen molar-refractivity contribution in [3.63, 3.8) is 0 Å². The molecule has 2 N–H and O–H groups in total. The Morgan fingerprint density at radius 1 is 1.10 bits per heavy atom. The average Bonchev–Trinajstić information content (AvgIpc) is 3.47. The van der Waals surface area contributed by atoms with Crippen LogP contribution in [-0.4, -0.2) is 59.5 Å². The first kappa shape index (κ1) is 29.3. The Morgan fingerprint density at radius 3 is 2.55 bits per heavy atom. The summed E-state index contributed by atoms with van der Waals surface area (Å²) in [7, 11) is 1.62. The summed E-state index contributed by atoms with van der Waals surface area (Å²) in [5.41, 5.74) is 3.52. The number of hydrogen-bond acceptors (Lipinski definition) is 5. The number of amides is 2. The first-order chi connectivity index (χ1) is 19.4. The highest BCUT2D eigenvalue weighted by Gasteiger charge is 2.49. The summed E-state index contributed by atoms with van der Waals surface area (Å²) in [5, 5.41) is 3.01. The lowest BCUT2D eigenvalue weighted by Crippen LogP contribution is -2.66. The van der Waals surface area contributed by atoms with Gasteiger partial charge in [-0.3, -0.25) is 9.59 Å². The van der Waals surface area contributed by atoms with Gasteiger partial charge in [-0.2, -0.15) is 0 Å². The van der Waals surface area contributed by atoms with E-state index in [4.69, 9.17) is 9.47 Å². The summed E-state index contributed by atoms with van der Waals surface area (Å²) in [6.45, 7) is 5.88. The Kier molecular flexibility index (Phi) is 10.4. The predicted molar refractivity (Wildman–Crippen MR) is 155 cm³/mol. The number of carbonyl (C=O) groups is 2. The van der Waals surface area contributed by atoms with E-state index in [-0.39, 0.29) is 18.2 Å². The van der Waals surface area contributed by atoms with Gasteiger partial charge in [-0.15, -0.1) is 0 Å². The van der Waals surface area contributed by atoms with Crippen LogP contribution < -0.4 is 10.1 Å². The molecule has 2 heterocycles. The third-order valence-corrected chi connectivity index (χ3v) is 7.61. The second kappa shape index (κ2) is 14.1. The van der Waals surface area contributed by atoms with Gasteiger partial charge in [0.2, 0.25) is 11.8 Å². The molecule has 1 fully saturated rings. The van der Waals surface area contributed by atoms with Gasteiger partial charge in [-0.25, -0.2) is 4.98 Å². The van der Waals surface area contributed by atoms with E-state index >= 15 is 0 Å². The Balaban J connectivity index is 1.46. The number of carbonyl (C=O) groups excluding carboxylic acids is 2. The van der Waals surface area contributed by atoms with Gasteiger partial charge in [0.1, 0.15) is 17.4 Å². The van der Waals surface area contributed by atoms with Gasteiger partial charge in [0.05, 0.1) is 32.2 Å². The van der Waals surface area contributed by atoms with Gasteiger partial charge in [0.25, 0.3) is 0 Å². The first-order valence-electron chi connectivity index (χ1n) is 14.3. The normalized spacial score (nSPS) is 14.8. The Labute approximate surface area is 237 Å². The lowest BCUT2D eigenvalue weighted by Gasteiger charge is -2.51. The number of ether oxygens (including phenoxy) is 2. The standard InChI is InChI=1S/C32H42N4O4/c1-4-5-6-9-18-40-32(28-11-8-7-10-24(28)2)21-36(22-32)31(38)29(19-25-12-15-27(39-3)16-13-25)35-30(37)17-14-26-20-33-23-34-26/h7-8,10-13,15-16,20,23,29H,4-6,9,14,17-19,21-22H2,1-3H3,(H,33,34)(H,35,37). The van der Waals surface area contributed by atoms with Gasteiger partial charge in [-0.05, 0) is 48.6 Å². The van der Waals surface area contributed by atoms with Crippen molar-refractivity contribution in [1.82, 2.24) is 20.2 Å². The van der Waals surface area contributed by atoms with Crippen LogP contribution in [0.15, 0.2) is 61.1 Å². The van der Waals surface area contributed by atoms with Crippen molar-refractivity contribution in [3.8, 4) is 5.75 Å². The van der Waals surface area contributed by atoms with E-state index in [0.29, 0.717) is 32.5 Å². The van der Waals surface area contributed by atoms with Crippen molar-refractivity contribution in [2.24, 2.45) is 0 Å². The number of likely N-dealkylation sites (tertiary alicyclic amines) is 1. The number of methoxy groups -OCH3 is 1. The topological polar surface area (TPSA) is 96.5 Å². The number of unbranched alkanes of at least 4 members (excludes halogenated alkanes) is 3. The van der Waals surface area contributed by atoms with Gasteiger partial charge < -0.3 is 24.7 Å². The van der Waals surface area contributed by atoms with E-state index in [2.05, 4.69) is 41.3 Å². The summed E-state index contributed by atoms with van der Waals surface area (Å²) in [6, 6.07) is 15.2. The number of rotatable bonds is 15. The zero-order valence-electron chi connectivity index (χ0n) is 23.9. The summed E-state index contributed by atoms with van der Waals surface area (Å²) in [5.74, 6) is 0.479. The van der Waals surface area contributed by atoms with E-state index in [1.165, 1.54) is 12.8 Å². The molecule has 0 saturated carbocycles. The van der Waals surface area contributed by atoms with Crippen LogP contribution in [0.3, 0.4) is 0 Å². The molecule has 2 amide bonds. The number of hydrogen-bond donors (Lipinski definition) is 2. The molecular formula is C32H42N4O4. The molecule has 2 aromatic carbocycles. The fraction of sp³-hybridized carbons (Fsp3) is 0.469. The van der Waals surface area contributed by atoms with Crippen LogP contribution in [0.25, 0.3) is 0 Å². The molecular weight excluding hydrogens is 504 g/mol. The van der Waals surface area contributed by atoms with Gasteiger partial charge >= 0.3 is 0 Å². The minimum atomic E-state index is -0.681. The fourth-order valence-corrected chi connectivity index (χ4v) is 5.30. The molecule has 214 valence electrons. The van der Waals surface area contributed by atoms with Crippen LogP contribution in [-0.2, 0) is 32.8 Å². The first-order valence-corrected chi connectivity index (χ1v) is 14.3. The highest BCUT2D eigenvalue weighted by atomic mass is 16.5. The van der Waals surface area contributed by atoms with Gasteiger partial charge in [-0.1, -0.05) is 62.6 Å². The van der Waals surface area contributed by atoms with E-state index in [1.54, 1.807) is 19.6 Å². The average molecular weight is 547 g/mol. The minimum Gasteiger partial charge on any atom is -0.497 e. The second-order valence-electron chi connectivity index (χ2n) is 10.6. The van der Waals surface area contributed by atoms with Crippen LogP contribution in [0.2, 0.25) is 0 Å². The van der Waals surface area contributed by atoms with Crippen molar-refractivity contribution in [3.05, 3.63) is 83.4 Å². The van der Waals surface area contributed by atoms with Crippen LogP contribution in [0.1, 0.15) is 61.4 Å². The third-order valence-electron chi connectivity index (χ3n) is 7.61. The van der Waals surface area contributed by atoms with Crippen molar-refractivity contribution in [2.75, 3.05) is 26.8 Å². The van der Waals surface area contributed by atoms with Crippen LogP contribution >= 0.6 is 0 Å². The number of benzene rings is 2. The van der Waals surface area contributed by atoms with E-state index < -0.39 is 11.6 Å². The molecule has 4 rings (SSSR count). The van der Waals surface area contributed by atoms with E-state index in [9.17, 15) is 9.59 Å². The maximum absolute atomic E-state index is 13.9. The monoisotopic (exact) mass is 546 g/mol. The molecule has 0 bridgehead atoms. The number of aromatic amines is 1. The van der Waals surface area contributed by atoms with Crippen LogP contribution in [0.4, 0.5) is 0 Å². The SMILES string of the molecule is CCCCCCOC1(c2ccccc2C)CN(C(=O)C(Cc2ccc(OC)cc2)NC(=O)CCc2c[nH]cn2)C1. The third kappa shape index (κ3) is 7.50. The maximum Gasteiger partial charge on any atom is 0.245 e. The summed E-state index contributed by atoms with van der Waals surface area (Å²) in [4.78, 5) is 35.7. The van der Waals surface area contributed by atoms with Crippen molar-refractivity contribution >= 4 is 11.8 Å². The number of nitrogens with one attached hydrogen (secondary N) is 2. The van der Waals surface area contributed by atoms with Crippen molar-refractivity contribution in [1.29, 1.82) is 0 Å². The second-order valence-corrected chi connectivity index (χ2v) is 10.6. The zero-order chi connectivity index (χ0) is 28.4. The maximum atomic E-state index is 13.9. The Bertz CT molecular complexity index is 1220. The lowest BCUT2D eigenvalue weighted by atomic mass is 9.82. The fourth-order valence-electron chi connectivity index (χ4n) is 5.30.